The van der Waals surface area contributed by atoms with Gasteiger partial charge in [-0.3, -0.25) is 4.72 Å². The Morgan fingerprint density at radius 1 is 1.04 bits per heavy atom. The number of ether oxygens (including phenoxy) is 2. The topological polar surface area (TPSA) is 77.5 Å². The van der Waals surface area contributed by atoms with Crippen molar-refractivity contribution in [1.82, 2.24) is 4.98 Å². The molecule has 0 unspecified atom stereocenters. The standard InChI is InChI=1S/C19H18N2O4S2/c22-27(23,13-14-5-2-1-3-6-14)21-19-20-16(12-26-19)15-7-8-17-18(11-15)25-10-4-9-24-17/h1-3,5-8,11-12H,4,9-10,13H2,(H,20,21). The average molecular weight is 402 g/mol. The molecule has 0 spiro atoms. The van der Waals surface area contributed by atoms with Crippen LogP contribution in [-0.2, 0) is 15.8 Å². The number of anilines is 1. The zero-order valence-electron chi connectivity index (χ0n) is 14.4. The van der Waals surface area contributed by atoms with Gasteiger partial charge in [-0.05, 0) is 23.8 Å². The summed E-state index contributed by atoms with van der Waals surface area (Å²) in [6, 6.07) is 14.7. The molecule has 8 heteroatoms. The van der Waals surface area contributed by atoms with Crippen molar-refractivity contribution in [3.8, 4) is 22.8 Å². The van der Waals surface area contributed by atoms with Crippen LogP contribution in [0.5, 0.6) is 11.5 Å². The Bertz CT molecular complexity index is 1030. The fourth-order valence-electron chi connectivity index (χ4n) is 2.74. The highest BCUT2D eigenvalue weighted by Crippen LogP contribution is 2.35. The lowest BCUT2D eigenvalue weighted by molar-refractivity contribution is 0.297. The summed E-state index contributed by atoms with van der Waals surface area (Å²) >= 11 is 1.25. The Balaban J connectivity index is 1.51. The van der Waals surface area contributed by atoms with Crippen LogP contribution >= 0.6 is 11.3 Å². The summed E-state index contributed by atoms with van der Waals surface area (Å²) in [5, 5.41) is 2.16. The van der Waals surface area contributed by atoms with Gasteiger partial charge in [0.25, 0.3) is 0 Å². The number of nitrogens with one attached hydrogen (secondary N) is 1. The van der Waals surface area contributed by atoms with Crippen LogP contribution in [0.25, 0.3) is 11.3 Å². The van der Waals surface area contributed by atoms with Gasteiger partial charge in [0, 0.05) is 17.4 Å². The first-order valence-electron chi connectivity index (χ1n) is 8.49. The molecule has 140 valence electrons. The molecule has 4 rings (SSSR count). The predicted octanol–water partition coefficient (Wildman–Crippen LogP) is 3.91. The van der Waals surface area contributed by atoms with E-state index >= 15 is 0 Å². The van der Waals surface area contributed by atoms with Crippen LogP contribution in [0.4, 0.5) is 5.13 Å². The van der Waals surface area contributed by atoms with E-state index in [2.05, 4.69) is 9.71 Å². The third-order valence-corrected chi connectivity index (χ3v) is 6.09. The Labute approximate surface area is 161 Å². The first kappa shape index (κ1) is 17.8. The number of sulfonamides is 1. The Morgan fingerprint density at radius 3 is 2.63 bits per heavy atom. The van der Waals surface area contributed by atoms with Gasteiger partial charge in [-0.15, -0.1) is 11.3 Å². The molecule has 3 aromatic rings. The van der Waals surface area contributed by atoms with Crippen molar-refractivity contribution in [3.05, 3.63) is 59.5 Å². The number of benzene rings is 2. The highest BCUT2D eigenvalue weighted by Gasteiger charge is 2.16. The van der Waals surface area contributed by atoms with Crippen LogP contribution in [0.15, 0.2) is 53.9 Å². The second-order valence-corrected chi connectivity index (χ2v) is 8.68. The average Bonchev–Trinajstić information content (AvgIpc) is 2.97. The van der Waals surface area contributed by atoms with Gasteiger partial charge in [-0.1, -0.05) is 30.3 Å². The van der Waals surface area contributed by atoms with E-state index in [-0.39, 0.29) is 5.75 Å². The summed E-state index contributed by atoms with van der Waals surface area (Å²) in [7, 11) is -3.52. The molecule has 0 aliphatic carbocycles. The first-order valence-corrected chi connectivity index (χ1v) is 11.0. The normalized spacial score (nSPS) is 13.8. The predicted molar refractivity (Wildman–Crippen MR) is 106 cm³/mol. The molecule has 27 heavy (non-hydrogen) atoms. The van der Waals surface area contributed by atoms with Crippen molar-refractivity contribution in [2.75, 3.05) is 17.9 Å². The molecule has 0 radical (unpaired) electrons. The fraction of sp³-hybridized carbons (Fsp3) is 0.211. The van der Waals surface area contributed by atoms with Crippen molar-refractivity contribution < 1.29 is 17.9 Å². The molecule has 0 saturated heterocycles. The summed E-state index contributed by atoms with van der Waals surface area (Å²) in [5.41, 5.74) is 2.27. The van der Waals surface area contributed by atoms with E-state index in [9.17, 15) is 8.42 Å². The molecule has 1 aromatic heterocycles. The fourth-order valence-corrected chi connectivity index (χ4v) is 4.89. The molecule has 0 atom stereocenters. The molecule has 0 saturated carbocycles. The van der Waals surface area contributed by atoms with E-state index in [0.29, 0.717) is 29.8 Å². The van der Waals surface area contributed by atoms with Crippen molar-refractivity contribution in [2.45, 2.75) is 12.2 Å². The number of nitrogens with zero attached hydrogens (tertiary/aromatic N) is 1. The zero-order chi connectivity index (χ0) is 18.7. The molecule has 1 aliphatic rings. The summed E-state index contributed by atoms with van der Waals surface area (Å²) in [5.74, 6) is 1.31. The Morgan fingerprint density at radius 2 is 1.81 bits per heavy atom. The molecule has 0 amide bonds. The molecule has 2 aromatic carbocycles. The Hall–Kier alpha value is -2.58. The van der Waals surface area contributed by atoms with Crippen LogP contribution in [-0.4, -0.2) is 26.6 Å². The number of aromatic nitrogens is 1. The van der Waals surface area contributed by atoms with Gasteiger partial charge >= 0.3 is 0 Å². The highest BCUT2D eigenvalue weighted by atomic mass is 32.2. The van der Waals surface area contributed by atoms with Gasteiger partial charge in [-0.2, -0.15) is 0 Å². The van der Waals surface area contributed by atoms with Gasteiger partial charge < -0.3 is 9.47 Å². The molecule has 6 nitrogen and oxygen atoms in total. The monoisotopic (exact) mass is 402 g/mol. The van der Waals surface area contributed by atoms with Crippen molar-refractivity contribution >= 4 is 26.5 Å². The number of fused-ring (bicyclic) bond motifs is 1. The number of hydrogen-bond acceptors (Lipinski definition) is 6. The van der Waals surface area contributed by atoms with E-state index in [4.69, 9.17) is 9.47 Å². The maximum absolute atomic E-state index is 12.4. The van der Waals surface area contributed by atoms with Gasteiger partial charge in [0.15, 0.2) is 16.6 Å². The largest absolute Gasteiger partial charge is 0.490 e. The molecule has 1 N–H and O–H groups in total. The van der Waals surface area contributed by atoms with Gasteiger partial charge in [0.05, 0.1) is 24.7 Å². The third kappa shape index (κ3) is 4.40. The summed E-state index contributed by atoms with van der Waals surface area (Å²) in [4.78, 5) is 4.41. The molecule has 2 heterocycles. The lowest BCUT2D eigenvalue weighted by Crippen LogP contribution is -2.14. The first-order chi connectivity index (χ1) is 13.1. The second kappa shape index (κ2) is 7.58. The van der Waals surface area contributed by atoms with E-state index in [1.807, 2.05) is 41.8 Å². The van der Waals surface area contributed by atoms with Gasteiger partial charge in [0.2, 0.25) is 10.0 Å². The second-order valence-electron chi connectivity index (χ2n) is 6.10. The molecular weight excluding hydrogens is 384 g/mol. The SMILES string of the molecule is O=S(=O)(Cc1ccccc1)Nc1nc(-c2ccc3c(c2)OCCCO3)cs1. The summed E-state index contributed by atoms with van der Waals surface area (Å²) in [6.07, 6.45) is 0.841. The van der Waals surface area contributed by atoms with Crippen molar-refractivity contribution in [2.24, 2.45) is 0 Å². The van der Waals surface area contributed by atoms with E-state index in [0.717, 1.165) is 23.3 Å². The lowest BCUT2D eigenvalue weighted by atomic mass is 10.1. The van der Waals surface area contributed by atoms with Crippen molar-refractivity contribution in [1.29, 1.82) is 0 Å². The van der Waals surface area contributed by atoms with Gasteiger partial charge in [0.1, 0.15) is 0 Å². The van der Waals surface area contributed by atoms with Crippen LogP contribution in [0.1, 0.15) is 12.0 Å². The van der Waals surface area contributed by atoms with E-state index in [1.54, 1.807) is 12.1 Å². The quantitative estimate of drug-likeness (QED) is 0.700. The highest BCUT2D eigenvalue weighted by molar-refractivity contribution is 7.92. The molecule has 0 fully saturated rings. The third-order valence-electron chi connectivity index (χ3n) is 3.99. The minimum Gasteiger partial charge on any atom is -0.490 e. The maximum Gasteiger partial charge on any atom is 0.238 e. The Kier molecular flexibility index (Phi) is 5.00. The zero-order valence-corrected chi connectivity index (χ0v) is 16.1. The number of rotatable bonds is 5. The molecular formula is C19H18N2O4S2. The van der Waals surface area contributed by atoms with Crippen LogP contribution < -0.4 is 14.2 Å². The smallest absolute Gasteiger partial charge is 0.238 e. The summed E-state index contributed by atoms with van der Waals surface area (Å²) < 4.78 is 38.6. The minimum absolute atomic E-state index is 0.0905. The minimum atomic E-state index is -3.52. The lowest BCUT2D eigenvalue weighted by Gasteiger charge is -2.08. The van der Waals surface area contributed by atoms with E-state index < -0.39 is 10.0 Å². The summed E-state index contributed by atoms with van der Waals surface area (Å²) in [6.45, 7) is 1.24. The maximum atomic E-state index is 12.4. The van der Waals surface area contributed by atoms with E-state index in [1.165, 1.54) is 11.3 Å². The number of hydrogen-bond donors (Lipinski definition) is 1. The van der Waals surface area contributed by atoms with Crippen LogP contribution in [0.3, 0.4) is 0 Å². The molecule has 0 bridgehead atoms. The number of thiazole rings is 1. The molecule has 1 aliphatic heterocycles. The van der Waals surface area contributed by atoms with Crippen LogP contribution in [0.2, 0.25) is 0 Å². The van der Waals surface area contributed by atoms with Crippen molar-refractivity contribution in [3.63, 3.8) is 0 Å². The van der Waals surface area contributed by atoms with Crippen LogP contribution in [0, 0.1) is 0 Å². The van der Waals surface area contributed by atoms with Gasteiger partial charge in [-0.25, -0.2) is 13.4 Å².